The standard InChI is InChI=1S/C15H16N2O2S/c18-15(19-10-9-17-8-3-7-16-17)14-13-5-2-1-4-12(13)6-11-20-14/h1-5,7-8,14H,6,9-11H2. The first-order chi connectivity index (χ1) is 9.84. The van der Waals surface area contributed by atoms with Crippen molar-refractivity contribution in [3.63, 3.8) is 0 Å². The van der Waals surface area contributed by atoms with E-state index in [0.29, 0.717) is 13.2 Å². The van der Waals surface area contributed by atoms with Gasteiger partial charge < -0.3 is 4.74 Å². The number of carbonyl (C=O) groups is 1. The Hall–Kier alpha value is -1.75. The Morgan fingerprint density at radius 1 is 1.40 bits per heavy atom. The summed E-state index contributed by atoms with van der Waals surface area (Å²) < 4.78 is 7.15. The van der Waals surface area contributed by atoms with Crippen LogP contribution in [0.1, 0.15) is 16.4 Å². The minimum absolute atomic E-state index is 0.144. The first-order valence-electron chi connectivity index (χ1n) is 6.68. The Morgan fingerprint density at radius 2 is 2.30 bits per heavy atom. The van der Waals surface area contributed by atoms with Crippen LogP contribution in [0.15, 0.2) is 42.7 Å². The second kappa shape index (κ2) is 6.13. The van der Waals surface area contributed by atoms with Crippen molar-refractivity contribution in [1.82, 2.24) is 9.78 Å². The third-order valence-corrected chi connectivity index (χ3v) is 4.55. The Kier molecular flexibility index (Phi) is 4.06. The lowest BCUT2D eigenvalue weighted by Crippen LogP contribution is -2.20. The monoisotopic (exact) mass is 288 g/mol. The van der Waals surface area contributed by atoms with Gasteiger partial charge >= 0.3 is 5.97 Å². The molecule has 4 nitrogen and oxygen atoms in total. The molecule has 20 heavy (non-hydrogen) atoms. The van der Waals surface area contributed by atoms with E-state index in [1.165, 1.54) is 5.56 Å². The van der Waals surface area contributed by atoms with E-state index >= 15 is 0 Å². The van der Waals surface area contributed by atoms with Crippen LogP contribution in [0, 0.1) is 0 Å². The molecule has 0 fully saturated rings. The molecular formula is C15H16N2O2S. The third-order valence-electron chi connectivity index (χ3n) is 3.33. The highest BCUT2D eigenvalue weighted by Crippen LogP contribution is 2.37. The zero-order valence-electron chi connectivity index (χ0n) is 11.1. The highest BCUT2D eigenvalue weighted by Gasteiger charge is 2.27. The van der Waals surface area contributed by atoms with E-state index in [2.05, 4.69) is 11.2 Å². The van der Waals surface area contributed by atoms with Crippen molar-refractivity contribution in [2.45, 2.75) is 18.2 Å². The predicted molar refractivity (Wildman–Crippen MR) is 78.5 cm³/mol. The van der Waals surface area contributed by atoms with Gasteiger partial charge in [0.15, 0.2) is 0 Å². The number of benzene rings is 1. The molecule has 0 saturated carbocycles. The van der Waals surface area contributed by atoms with E-state index < -0.39 is 0 Å². The Morgan fingerprint density at radius 3 is 3.15 bits per heavy atom. The summed E-state index contributed by atoms with van der Waals surface area (Å²) in [6, 6.07) is 9.98. The van der Waals surface area contributed by atoms with Crippen molar-refractivity contribution in [2.75, 3.05) is 12.4 Å². The highest BCUT2D eigenvalue weighted by molar-refractivity contribution is 8.00. The molecule has 1 aromatic heterocycles. The average molecular weight is 288 g/mol. The van der Waals surface area contributed by atoms with E-state index in [0.717, 1.165) is 17.7 Å². The quantitative estimate of drug-likeness (QED) is 0.811. The van der Waals surface area contributed by atoms with Crippen molar-refractivity contribution in [3.8, 4) is 0 Å². The maximum Gasteiger partial charge on any atom is 0.323 e. The number of rotatable bonds is 4. The molecule has 1 atom stereocenters. The molecule has 1 unspecified atom stereocenters. The average Bonchev–Trinajstić information content (AvgIpc) is 3.00. The Balaban J connectivity index is 1.60. The lowest BCUT2D eigenvalue weighted by Gasteiger charge is -2.23. The summed E-state index contributed by atoms with van der Waals surface area (Å²) in [5.41, 5.74) is 2.37. The predicted octanol–water partition coefficient (Wildman–Crippen LogP) is 2.46. The van der Waals surface area contributed by atoms with Gasteiger partial charge in [0, 0.05) is 12.4 Å². The molecular weight excluding hydrogens is 272 g/mol. The minimum Gasteiger partial charge on any atom is -0.463 e. The van der Waals surface area contributed by atoms with E-state index in [4.69, 9.17) is 4.74 Å². The molecule has 1 aliphatic rings. The maximum atomic E-state index is 12.2. The number of esters is 1. The summed E-state index contributed by atoms with van der Waals surface area (Å²) in [6.45, 7) is 0.956. The second-order valence-corrected chi connectivity index (χ2v) is 5.85. The van der Waals surface area contributed by atoms with Crippen molar-refractivity contribution < 1.29 is 9.53 Å². The summed E-state index contributed by atoms with van der Waals surface area (Å²) >= 11 is 1.66. The first-order valence-corrected chi connectivity index (χ1v) is 7.73. The van der Waals surface area contributed by atoms with Gasteiger partial charge in [-0.3, -0.25) is 9.48 Å². The number of aromatic nitrogens is 2. The molecule has 0 amide bonds. The van der Waals surface area contributed by atoms with Crippen LogP contribution in [0.5, 0.6) is 0 Å². The van der Waals surface area contributed by atoms with Crippen molar-refractivity contribution in [3.05, 3.63) is 53.9 Å². The van der Waals surface area contributed by atoms with E-state index in [-0.39, 0.29) is 11.2 Å². The van der Waals surface area contributed by atoms with Gasteiger partial charge in [-0.2, -0.15) is 5.10 Å². The molecule has 0 N–H and O–H groups in total. The molecule has 0 bridgehead atoms. The number of carbonyl (C=O) groups excluding carboxylic acids is 1. The molecule has 0 aliphatic carbocycles. The molecule has 0 spiro atoms. The van der Waals surface area contributed by atoms with Crippen LogP contribution in [0.2, 0.25) is 0 Å². The second-order valence-electron chi connectivity index (χ2n) is 4.64. The SMILES string of the molecule is O=C(OCCn1cccn1)C1SCCc2ccccc21. The van der Waals surface area contributed by atoms with E-state index in [9.17, 15) is 4.79 Å². The van der Waals surface area contributed by atoms with E-state index in [1.807, 2.05) is 30.5 Å². The lowest BCUT2D eigenvalue weighted by atomic mass is 10.0. The Bertz CT molecular complexity index is 583. The van der Waals surface area contributed by atoms with Crippen LogP contribution in [-0.4, -0.2) is 28.1 Å². The third kappa shape index (κ3) is 2.88. The van der Waals surface area contributed by atoms with Crippen LogP contribution < -0.4 is 0 Å². The summed E-state index contributed by atoms with van der Waals surface area (Å²) in [4.78, 5) is 12.2. The van der Waals surface area contributed by atoms with Crippen LogP contribution in [0.4, 0.5) is 0 Å². The molecule has 1 aliphatic heterocycles. The molecule has 0 radical (unpaired) electrons. The number of fused-ring (bicyclic) bond motifs is 1. The van der Waals surface area contributed by atoms with Gasteiger partial charge in [0.25, 0.3) is 0 Å². The fraction of sp³-hybridized carbons (Fsp3) is 0.333. The smallest absolute Gasteiger partial charge is 0.323 e. The number of thioether (sulfide) groups is 1. The van der Waals surface area contributed by atoms with Crippen molar-refractivity contribution >= 4 is 17.7 Å². The number of aryl methyl sites for hydroxylation is 1. The van der Waals surface area contributed by atoms with Gasteiger partial charge in [0.1, 0.15) is 11.9 Å². The molecule has 2 heterocycles. The molecule has 2 aromatic rings. The van der Waals surface area contributed by atoms with Crippen LogP contribution >= 0.6 is 11.8 Å². The molecule has 104 valence electrons. The zero-order chi connectivity index (χ0) is 13.8. The fourth-order valence-electron chi connectivity index (χ4n) is 2.34. The first kappa shape index (κ1) is 13.2. The summed E-state index contributed by atoms with van der Waals surface area (Å²) in [5, 5.41) is 3.90. The summed E-state index contributed by atoms with van der Waals surface area (Å²) in [5.74, 6) is 0.824. The fourth-order valence-corrected chi connectivity index (χ4v) is 3.52. The highest BCUT2D eigenvalue weighted by atomic mass is 32.2. The number of ether oxygens (including phenoxy) is 1. The Labute approximate surface area is 122 Å². The molecule has 3 rings (SSSR count). The van der Waals surface area contributed by atoms with Gasteiger partial charge in [0.2, 0.25) is 0 Å². The van der Waals surface area contributed by atoms with Crippen LogP contribution in [-0.2, 0) is 22.5 Å². The largest absolute Gasteiger partial charge is 0.463 e. The molecule has 0 saturated heterocycles. The van der Waals surface area contributed by atoms with Gasteiger partial charge in [-0.1, -0.05) is 24.3 Å². The normalized spacial score (nSPS) is 17.5. The minimum atomic E-state index is -0.183. The zero-order valence-corrected chi connectivity index (χ0v) is 11.9. The number of hydrogen-bond acceptors (Lipinski definition) is 4. The maximum absolute atomic E-state index is 12.2. The van der Waals surface area contributed by atoms with E-state index in [1.54, 1.807) is 22.6 Å². The van der Waals surface area contributed by atoms with Gasteiger partial charge in [-0.25, -0.2) is 0 Å². The van der Waals surface area contributed by atoms with Gasteiger partial charge in [-0.15, -0.1) is 11.8 Å². The summed E-state index contributed by atoms with van der Waals surface area (Å²) in [6.07, 6.45) is 4.60. The molecule has 1 aromatic carbocycles. The lowest BCUT2D eigenvalue weighted by molar-refractivity contribution is -0.143. The van der Waals surface area contributed by atoms with Crippen molar-refractivity contribution in [2.24, 2.45) is 0 Å². The molecule has 5 heteroatoms. The summed E-state index contributed by atoms with van der Waals surface area (Å²) in [7, 11) is 0. The van der Waals surface area contributed by atoms with Crippen molar-refractivity contribution in [1.29, 1.82) is 0 Å². The number of hydrogen-bond donors (Lipinski definition) is 0. The van der Waals surface area contributed by atoms with Gasteiger partial charge in [0.05, 0.1) is 6.54 Å². The van der Waals surface area contributed by atoms with Gasteiger partial charge in [-0.05, 0) is 29.4 Å². The number of nitrogens with zero attached hydrogens (tertiary/aromatic N) is 2. The topological polar surface area (TPSA) is 44.1 Å². The van der Waals surface area contributed by atoms with Crippen LogP contribution in [0.3, 0.4) is 0 Å². The van der Waals surface area contributed by atoms with Crippen LogP contribution in [0.25, 0.3) is 0 Å².